The molecule has 0 unspecified atom stereocenters. The molecule has 3 fully saturated rings. The Balaban J connectivity index is 0.000000188. The van der Waals surface area contributed by atoms with Gasteiger partial charge in [-0.15, -0.1) is 0 Å². The second-order valence-electron chi connectivity index (χ2n) is 8.71. The highest BCUT2D eigenvalue weighted by Crippen LogP contribution is 2.22. The maximum atomic E-state index is 10.6. The molecule has 0 radical (unpaired) electrons. The molecule has 0 heterocycles. The van der Waals surface area contributed by atoms with E-state index in [1.807, 2.05) is 7.05 Å². The Kier molecular flexibility index (Phi) is 11.3. The lowest BCUT2D eigenvalue weighted by molar-refractivity contribution is -0.120. The Labute approximate surface area is 156 Å². The van der Waals surface area contributed by atoms with Crippen molar-refractivity contribution in [1.29, 1.82) is 0 Å². The summed E-state index contributed by atoms with van der Waals surface area (Å²) in [5.74, 6) is 3.14. The molecule has 0 atom stereocenters. The summed E-state index contributed by atoms with van der Waals surface area (Å²) in [6, 6.07) is 0.520. The van der Waals surface area contributed by atoms with E-state index >= 15 is 0 Å². The molecule has 146 valence electrons. The molecule has 3 nitrogen and oxygen atoms in total. The van der Waals surface area contributed by atoms with Crippen molar-refractivity contribution in [2.24, 2.45) is 28.5 Å². The molecule has 3 aliphatic rings. The summed E-state index contributed by atoms with van der Waals surface area (Å²) >= 11 is 0. The van der Waals surface area contributed by atoms with E-state index in [0.717, 1.165) is 43.4 Å². The summed E-state index contributed by atoms with van der Waals surface area (Å²) in [7, 11) is 1.91. The van der Waals surface area contributed by atoms with Gasteiger partial charge in [-0.3, -0.25) is 9.79 Å². The summed E-state index contributed by atoms with van der Waals surface area (Å²) in [4.78, 5) is 14.8. The molecule has 2 N–H and O–H groups in total. The fourth-order valence-electron chi connectivity index (χ4n) is 3.69. The Morgan fingerprint density at radius 2 is 1.12 bits per heavy atom. The Bertz CT molecular complexity index is 367. The van der Waals surface area contributed by atoms with Gasteiger partial charge in [-0.2, -0.15) is 0 Å². The molecule has 0 aromatic carbocycles. The largest absolute Gasteiger partial charge is 0.328 e. The third-order valence-corrected chi connectivity index (χ3v) is 6.06. The molecule has 0 saturated heterocycles. The van der Waals surface area contributed by atoms with Crippen molar-refractivity contribution in [3.8, 4) is 0 Å². The highest BCUT2D eigenvalue weighted by molar-refractivity contribution is 5.84. The van der Waals surface area contributed by atoms with Gasteiger partial charge in [0.05, 0.1) is 0 Å². The third-order valence-electron chi connectivity index (χ3n) is 6.06. The Hall–Kier alpha value is -0.700. The number of aliphatic imine (C=N–C) groups is 1. The molecule has 0 bridgehead atoms. The molecule has 3 heteroatoms. The number of hydrogen-bond donors (Lipinski definition) is 1. The van der Waals surface area contributed by atoms with E-state index in [4.69, 9.17) is 5.73 Å². The lowest BCUT2D eigenvalue weighted by Crippen LogP contribution is -2.25. The molecule has 0 amide bonds. The van der Waals surface area contributed by atoms with Gasteiger partial charge in [-0.1, -0.05) is 20.8 Å². The van der Waals surface area contributed by atoms with Crippen molar-refractivity contribution in [1.82, 2.24) is 0 Å². The number of nitrogens with two attached hydrogens (primary N) is 1. The van der Waals surface area contributed by atoms with Gasteiger partial charge < -0.3 is 5.73 Å². The van der Waals surface area contributed by atoms with Crippen molar-refractivity contribution in [3.63, 3.8) is 0 Å². The lowest BCUT2D eigenvalue weighted by atomic mass is 9.88. The topological polar surface area (TPSA) is 55.5 Å². The molecule has 0 aromatic rings. The molecule has 3 saturated carbocycles. The van der Waals surface area contributed by atoms with Gasteiger partial charge in [0.25, 0.3) is 0 Å². The van der Waals surface area contributed by atoms with Crippen molar-refractivity contribution < 1.29 is 4.79 Å². The first-order valence-corrected chi connectivity index (χ1v) is 10.6. The number of ketones is 1. The lowest BCUT2D eigenvalue weighted by Gasteiger charge is -2.22. The molecule has 0 aliphatic heterocycles. The third kappa shape index (κ3) is 10.8. The minimum atomic E-state index is 0.461. The van der Waals surface area contributed by atoms with Crippen LogP contribution in [0.15, 0.2) is 4.99 Å². The van der Waals surface area contributed by atoms with Crippen molar-refractivity contribution >= 4 is 11.5 Å². The van der Waals surface area contributed by atoms with Crippen molar-refractivity contribution in [3.05, 3.63) is 0 Å². The number of hydrogen-bond acceptors (Lipinski definition) is 3. The molecular formula is C22H42N2O. The van der Waals surface area contributed by atoms with E-state index in [9.17, 15) is 4.79 Å². The summed E-state index contributed by atoms with van der Waals surface area (Å²) < 4.78 is 0. The molecule has 3 rings (SSSR count). The van der Waals surface area contributed by atoms with Crippen LogP contribution < -0.4 is 5.73 Å². The predicted octanol–water partition coefficient (Wildman–Crippen LogP) is 5.56. The number of carbonyl (C=O) groups excluding carboxylic acids is 1. The van der Waals surface area contributed by atoms with E-state index in [2.05, 4.69) is 25.8 Å². The first-order valence-electron chi connectivity index (χ1n) is 10.6. The summed E-state index contributed by atoms with van der Waals surface area (Å²) in [5, 5.41) is 0. The second-order valence-corrected chi connectivity index (χ2v) is 8.71. The Morgan fingerprint density at radius 3 is 1.48 bits per heavy atom. The molecule has 0 spiro atoms. The van der Waals surface area contributed by atoms with Crippen LogP contribution in [0.1, 0.15) is 97.8 Å². The maximum absolute atomic E-state index is 10.6. The molecular weight excluding hydrogens is 308 g/mol. The number of Topliss-reactive ketones (excluding diaryl/α,β-unsaturated/α-hetero) is 1. The van der Waals surface area contributed by atoms with E-state index < -0.39 is 0 Å². The van der Waals surface area contributed by atoms with Gasteiger partial charge in [0.15, 0.2) is 0 Å². The van der Waals surface area contributed by atoms with Crippen LogP contribution in [0.4, 0.5) is 0 Å². The van der Waals surface area contributed by atoms with Crippen molar-refractivity contribution in [2.75, 3.05) is 7.05 Å². The molecule has 3 aliphatic carbocycles. The molecule has 0 aromatic heterocycles. The van der Waals surface area contributed by atoms with Crippen LogP contribution in [0.2, 0.25) is 0 Å². The van der Waals surface area contributed by atoms with Crippen LogP contribution in [0.5, 0.6) is 0 Å². The Morgan fingerprint density at radius 1 is 0.720 bits per heavy atom. The highest BCUT2D eigenvalue weighted by atomic mass is 16.1. The zero-order valence-electron chi connectivity index (χ0n) is 17.2. The summed E-state index contributed by atoms with van der Waals surface area (Å²) in [6.45, 7) is 6.85. The maximum Gasteiger partial charge on any atom is 0.132 e. The first kappa shape index (κ1) is 22.3. The van der Waals surface area contributed by atoms with E-state index in [1.165, 1.54) is 57.1 Å². The van der Waals surface area contributed by atoms with Crippen molar-refractivity contribution in [2.45, 2.75) is 104 Å². The molecule has 25 heavy (non-hydrogen) atoms. The van der Waals surface area contributed by atoms with Crippen LogP contribution in [0, 0.1) is 17.8 Å². The quantitative estimate of drug-likeness (QED) is 0.622. The number of nitrogens with zero attached hydrogens (tertiary/aromatic N) is 1. The highest BCUT2D eigenvalue weighted by Gasteiger charge is 2.14. The SMILES string of the molecule is CC1CCC(=O)CC1.CC1CCC(N)CC1.CN=C1CCC(C)CC1. The summed E-state index contributed by atoms with van der Waals surface area (Å²) in [6.07, 6.45) is 14.3. The zero-order valence-corrected chi connectivity index (χ0v) is 17.2. The van der Waals surface area contributed by atoms with E-state index in [0.29, 0.717) is 11.8 Å². The van der Waals surface area contributed by atoms with Gasteiger partial charge in [-0.05, 0) is 82.0 Å². The average molecular weight is 351 g/mol. The van der Waals surface area contributed by atoms with Crippen LogP contribution in [0.25, 0.3) is 0 Å². The van der Waals surface area contributed by atoms with Gasteiger partial charge in [0.2, 0.25) is 0 Å². The minimum absolute atomic E-state index is 0.461. The monoisotopic (exact) mass is 350 g/mol. The van der Waals surface area contributed by atoms with Gasteiger partial charge in [0.1, 0.15) is 5.78 Å². The van der Waals surface area contributed by atoms with E-state index in [-0.39, 0.29) is 0 Å². The van der Waals surface area contributed by atoms with Crippen LogP contribution in [-0.4, -0.2) is 24.6 Å². The fraction of sp³-hybridized carbons (Fsp3) is 0.909. The van der Waals surface area contributed by atoms with Crippen LogP contribution >= 0.6 is 0 Å². The fourth-order valence-corrected chi connectivity index (χ4v) is 3.69. The van der Waals surface area contributed by atoms with Crippen LogP contribution in [0.3, 0.4) is 0 Å². The van der Waals surface area contributed by atoms with E-state index in [1.54, 1.807) is 0 Å². The number of rotatable bonds is 0. The normalized spacial score (nSPS) is 30.5. The minimum Gasteiger partial charge on any atom is -0.328 e. The zero-order chi connectivity index (χ0) is 18.7. The van der Waals surface area contributed by atoms with Gasteiger partial charge in [-0.25, -0.2) is 0 Å². The second kappa shape index (κ2) is 12.6. The average Bonchev–Trinajstić information content (AvgIpc) is 2.62. The van der Waals surface area contributed by atoms with Gasteiger partial charge >= 0.3 is 0 Å². The standard InChI is InChI=1S/C8H15N.C7H15N.C7H12O/c1-7-3-5-8(9-2)6-4-7;2*1-6-2-4-7(8)5-3-6/h7H,3-6H2,1-2H3;6-7H,2-5,8H2,1H3;6H,2-5H2,1H3. The first-order chi connectivity index (χ1) is 11.9. The smallest absolute Gasteiger partial charge is 0.132 e. The predicted molar refractivity (Wildman–Crippen MR) is 109 cm³/mol. The van der Waals surface area contributed by atoms with Gasteiger partial charge in [0, 0.05) is 31.6 Å². The van der Waals surface area contributed by atoms with Crippen LogP contribution in [-0.2, 0) is 4.79 Å². The summed E-state index contributed by atoms with van der Waals surface area (Å²) in [5.41, 5.74) is 7.12. The number of carbonyl (C=O) groups is 1.